The number of nitrogens with zero attached hydrogens (tertiary/aromatic N) is 3. The van der Waals surface area contributed by atoms with Gasteiger partial charge in [-0.2, -0.15) is 0 Å². The van der Waals surface area contributed by atoms with Gasteiger partial charge in [-0.25, -0.2) is 9.97 Å². The third-order valence-electron chi connectivity index (χ3n) is 3.87. The van der Waals surface area contributed by atoms with Crippen molar-refractivity contribution in [2.75, 3.05) is 11.1 Å². The second kappa shape index (κ2) is 8.15. The molecule has 0 saturated heterocycles. The Bertz CT molecular complexity index is 1250. The average molecular weight is 444 g/mol. The minimum absolute atomic E-state index is 0.0566. The second-order valence-electron chi connectivity index (χ2n) is 5.76. The molecule has 146 valence electrons. The Morgan fingerprint density at radius 3 is 2.62 bits per heavy atom. The Balaban J connectivity index is 1.68. The number of thiazole rings is 1. The van der Waals surface area contributed by atoms with Gasteiger partial charge in [0.15, 0.2) is 10.3 Å². The fourth-order valence-electron chi connectivity index (χ4n) is 2.56. The number of rotatable bonds is 6. The fourth-order valence-corrected chi connectivity index (χ4v) is 4.68. The van der Waals surface area contributed by atoms with Crippen LogP contribution in [0.25, 0.3) is 15.9 Å². The van der Waals surface area contributed by atoms with Gasteiger partial charge in [0.05, 0.1) is 17.0 Å². The summed E-state index contributed by atoms with van der Waals surface area (Å²) in [6, 6.07) is 8.12. The van der Waals surface area contributed by atoms with Crippen LogP contribution in [0.3, 0.4) is 0 Å². The second-order valence-corrected chi connectivity index (χ2v) is 8.51. The zero-order chi connectivity index (χ0) is 20.4. The lowest BCUT2D eigenvalue weighted by Gasteiger charge is -2.12. The lowest BCUT2D eigenvalue weighted by molar-refractivity contribution is -0.113. The molecule has 0 aliphatic rings. The number of nitrogens with one attached hydrogen (secondary N) is 1. The normalized spacial score (nSPS) is 10.9. The highest BCUT2D eigenvalue weighted by Gasteiger charge is 2.16. The van der Waals surface area contributed by atoms with Crippen LogP contribution in [0.5, 0.6) is 0 Å². The number of hydrogen-bond donors (Lipinski definition) is 2. The quantitative estimate of drug-likeness (QED) is 0.349. The number of fused-ring (bicyclic) bond motifs is 1. The Morgan fingerprint density at radius 1 is 1.14 bits per heavy atom. The average Bonchev–Trinajstić information content (AvgIpc) is 3.38. The zero-order valence-electron chi connectivity index (χ0n) is 14.7. The molecule has 3 N–H and O–H groups in total. The summed E-state index contributed by atoms with van der Waals surface area (Å²) in [6.07, 6.45) is 1.60. The molecule has 4 aromatic rings. The Hall–Kier alpha value is -3.02. The topological polar surface area (TPSA) is 120 Å². The molecule has 0 unspecified atom stereocenters. The molecule has 8 nitrogen and oxygen atoms in total. The molecule has 0 atom stereocenters. The summed E-state index contributed by atoms with van der Waals surface area (Å²) >= 11 is 3.77. The predicted molar refractivity (Wildman–Crippen MR) is 115 cm³/mol. The molecular weight excluding hydrogens is 430 g/mol. The van der Waals surface area contributed by atoms with Gasteiger partial charge in [0.1, 0.15) is 4.70 Å². The van der Waals surface area contributed by atoms with Gasteiger partial charge >= 0.3 is 0 Å². The van der Waals surface area contributed by atoms with E-state index in [0.29, 0.717) is 31.8 Å². The van der Waals surface area contributed by atoms with E-state index >= 15 is 0 Å². The number of anilines is 1. The molecule has 3 heterocycles. The van der Waals surface area contributed by atoms with E-state index in [-0.39, 0.29) is 17.2 Å². The first kappa shape index (κ1) is 19.3. The number of primary amides is 1. The SMILES string of the molecule is NC(=O)c1ccc(-n2c(SCC(=O)Nc3nccs3)nc3ccsc3c2=O)cc1. The third-order valence-corrected chi connectivity index (χ3v) is 6.39. The highest BCUT2D eigenvalue weighted by atomic mass is 32.2. The number of carbonyl (C=O) groups is 2. The first-order chi connectivity index (χ1) is 14.0. The molecule has 0 radical (unpaired) electrons. The summed E-state index contributed by atoms with van der Waals surface area (Å²) in [7, 11) is 0. The fraction of sp³-hybridized carbons (Fsp3) is 0.0556. The van der Waals surface area contributed by atoms with Gasteiger partial charge < -0.3 is 11.1 Å². The number of amides is 2. The van der Waals surface area contributed by atoms with Gasteiger partial charge in [-0.15, -0.1) is 22.7 Å². The zero-order valence-corrected chi connectivity index (χ0v) is 17.1. The van der Waals surface area contributed by atoms with Crippen molar-refractivity contribution in [3.8, 4) is 5.69 Å². The first-order valence-corrected chi connectivity index (χ1v) is 11.0. The van der Waals surface area contributed by atoms with Crippen molar-refractivity contribution in [2.24, 2.45) is 5.73 Å². The van der Waals surface area contributed by atoms with Crippen LogP contribution in [0.2, 0.25) is 0 Å². The van der Waals surface area contributed by atoms with Crippen LogP contribution in [0.4, 0.5) is 5.13 Å². The molecule has 0 saturated carbocycles. The highest BCUT2D eigenvalue weighted by Crippen LogP contribution is 2.24. The third kappa shape index (κ3) is 4.06. The Labute approximate surface area is 176 Å². The smallest absolute Gasteiger partial charge is 0.276 e. The standard InChI is InChI=1S/C18H13N5O3S3/c19-15(25)10-1-3-11(4-2-10)23-16(26)14-12(5-7-27-14)21-18(23)29-9-13(24)22-17-20-6-8-28-17/h1-8H,9H2,(H2,19,25)(H,20,22,24). The molecule has 0 aliphatic heterocycles. The number of aromatic nitrogens is 3. The molecular formula is C18H13N5O3S3. The summed E-state index contributed by atoms with van der Waals surface area (Å²) in [5.74, 6) is -0.745. The van der Waals surface area contributed by atoms with Gasteiger partial charge in [0.25, 0.3) is 5.56 Å². The molecule has 1 aromatic carbocycles. The van der Waals surface area contributed by atoms with Crippen LogP contribution in [0.1, 0.15) is 10.4 Å². The summed E-state index contributed by atoms with van der Waals surface area (Å²) in [5, 5.41) is 7.15. The van der Waals surface area contributed by atoms with E-state index in [1.54, 1.807) is 47.3 Å². The van der Waals surface area contributed by atoms with Crippen LogP contribution >= 0.6 is 34.4 Å². The maximum absolute atomic E-state index is 13.1. The summed E-state index contributed by atoms with van der Waals surface area (Å²) in [5.41, 5.74) is 6.50. The van der Waals surface area contributed by atoms with Gasteiger partial charge in [-0.1, -0.05) is 11.8 Å². The van der Waals surface area contributed by atoms with Crippen LogP contribution in [-0.4, -0.2) is 32.1 Å². The molecule has 3 aromatic heterocycles. The van der Waals surface area contributed by atoms with Gasteiger partial charge in [-0.3, -0.25) is 19.0 Å². The van der Waals surface area contributed by atoms with E-state index in [1.807, 2.05) is 0 Å². The number of hydrogen-bond acceptors (Lipinski definition) is 8. The van der Waals surface area contributed by atoms with Crippen molar-refractivity contribution < 1.29 is 9.59 Å². The van der Waals surface area contributed by atoms with Crippen LogP contribution in [-0.2, 0) is 4.79 Å². The highest BCUT2D eigenvalue weighted by molar-refractivity contribution is 7.99. The van der Waals surface area contributed by atoms with Crippen molar-refractivity contribution in [3.63, 3.8) is 0 Å². The molecule has 4 rings (SSSR count). The van der Waals surface area contributed by atoms with E-state index in [2.05, 4.69) is 15.3 Å². The van der Waals surface area contributed by atoms with Crippen molar-refractivity contribution in [1.82, 2.24) is 14.5 Å². The van der Waals surface area contributed by atoms with Crippen molar-refractivity contribution in [2.45, 2.75) is 5.16 Å². The number of benzene rings is 1. The maximum atomic E-state index is 13.1. The molecule has 2 amide bonds. The van der Waals surface area contributed by atoms with Gasteiger partial charge in [0.2, 0.25) is 11.8 Å². The van der Waals surface area contributed by atoms with E-state index in [0.717, 1.165) is 11.8 Å². The van der Waals surface area contributed by atoms with Crippen molar-refractivity contribution >= 4 is 61.6 Å². The summed E-state index contributed by atoms with van der Waals surface area (Å²) < 4.78 is 1.95. The minimum atomic E-state index is -0.552. The summed E-state index contributed by atoms with van der Waals surface area (Å²) in [4.78, 5) is 45.2. The van der Waals surface area contributed by atoms with E-state index < -0.39 is 5.91 Å². The largest absolute Gasteiger partial charge is 0.366 e. The van der Waals surface area contributed by atoms with E-state index in [1.165, 1.54) is 27.2 Å². The lowest BCUT2D eigenvalue weighted by Crippen LogP contribution is -2.22. The van der Waals surface area contributed by atoms with Crippen LogP contribution in [0, 0.1) is 0 Å². The molecule has 0 fully saturated rings. The van der Waals surface area contributed by atoms with E-state index in [9.17, 15) is 14.4 Å². The monoisotopic (exact) mass is 443 g/mol. The van der Waals surface area contributed by atoms with Gasteiger partial charge in [-0.05, 0) is 35.7 Å². The minimum Gasteiger partial charge on any atom is -0.366 e. The molecule has 0 bridgehead atoms. The molecule has 11 heteroatoms. The number of thiophene rings is 1. The number of carbonyl (C=O) groups excluding carboxylic acids is 2. The Kier molecular flexibility index (Phi) is 5.43. The van der Waals surface area contributed by atoms with Crippen LogP contribution < -0.4 is 16.6 Å². The van der Waals surface area contributed by atoms with Crippen molar-refractivity contribution in [3.05, 3.63) is 63.2 Å². The first-order valence-electron chi connectivity index (χ1n) is 8.25. The molecule has 29 heavy (non-hydrogen) atoms. The Morgan fingerprint density at radius 2 is 1.93 bits per heavy atom. The van der Waals surface area contributed by atoms with Crippen molar-refractivity contribution in [1.29, 1.82) is 0 Å². The molecule has 0 spiro atoms. The summed E-state index contributed by atoms with van der Waals surface area (Å²) in [6.45, 7) is 0. The predicted octanol–water partition coefficient (Wildman–Crippen LogP) is 2.73. The number of nitrogens with two attached hydrogens (primary N) is 1. The maximum Gasteiger partial charge on any atom is 0.276 e. The van der Waals surface area contributed by atoms with E-state index in [4.69, 9.17) is 5.73 Å². The number of thioether (sulfide) groups is 1. The molecule has 0 aliphatic carbocycles. The van der Waals surface area contributed by atoms with Crippen LogP contribution in [0.15, 0.2) is 57.2 Å². The lowest BCUT2D eigenvalue weighted by atomic mass is 10.2. The van der Waals surface area contributed by atoms with Gasteiger partial charge in [0, 0.05) is 17.1 Å².